The maximum Gasteiger partial charge on any atom is 0.270 e. The van der Waals surface area contributed by atoms with Crippen LogP contribution in [0.5, 0.6) is 0 Å². The second kappa shape index (κ2) is 6.41. The first-order chi connectivity index (χ1) is 12.2. The largest absolute Gasteiger partial charge is 0.315 e. The Balaban J connectivity index is 1.95. The number of nitrogens with one attached hydrogen (secondary N) is 1. The average Bonchev–Trinajstić information content (AvgIpc) is 2.58. The van der Waals surface area contributed by atoms with Crippen molar-refractivity contribution >= 4 is 33.0 Å². The molecule has 1 amide bonds. The molecule has 2 aromatic carbocycles. The third-order valence-electron chi connectivity index (χ3n) is 4.35. The highest BCUT2D eigenvalue weighted by Gasteiger charge is 2.23. The minimum absolute atomic E-state index is 0.0121. The molecule has 8 nitrogen and oxygen atoms in total. The van der Waals surface area contributed by atoms with Crippen LogP contribution in [0.2, 0.25) is 0 Å². The quantitative estimate of drug-likeness (QED) is 0.652. The normalized spacial score (nSPS) is 14.1. The molecular formula is C17H17N3O5S. The molecule has 1 heterocycles. The average molecular weight is 375 g/mol. The predicted octanol–water partition coefficient (Wildman–Crippen LogP) is 2.61. The van der Waals surface area contributed by atoms with E-state index in [9.17, 15) is 23.3 Å². The minimum atomic E-state index is -3.99. The third kappa shape index (κ3) is 3.25. The van der Waals surface area contributed by atoms with Gasteiger partial charge in [0.05, 0.1) is 9.82 Å². The fourth-order valence-electron chi connectivity index (χ4n) is 2.92. The fourth-order valence-corrected chi connectivity index (χ4v) is 4.24. The van der Waals surface area contributed by atoms with Gasteiger partial charge in [0.15, 0.2) is 0 Å². The van der Waals surface area contributed by atoms with E-state index < -0.39 is 14.9 Å². The van der Waals surface area contributed by atoms with E-state index in [1.165, 1.54) is 12.1 Å². The van der Waals surface area contributed by atoms with Gasteiger partial charge in [-0.1, -0.05) is 6.07 Å². The number of non-ortho nitro benzene ring substituents is 1. The number of rotatable bonds is 4. The monoisotopic (exact) mass is 375 g/mol. The Kier molecular flexibility index (Phi) is 4.41. The summed E-state index contributed by atoms with van der Waals surface area (Å²) in [6, 6.07) is 8.65. The van der Waals surface area contributed by atoms with Gasteiger partial charge in [-0.05, 0) is 42.7 Å². The smallest absolute Gasteiger partial charge is 0.270 e. The molecule has 0 aliphatic carbocycles. The van der Waals surface area contributed by atoms with E-state index in [0.29, 0.717) is 24.1 Å². The van der Waals surface area contributed by atoms with Crippen molar-refractivity contribution in [3.63, 3.8) is 0 Å². The molecule has 1 aliphatic heterocycles. The first kappa shape index (κ1) is 17.9. The lowest BCUT2D eigenvalue weighted by Gasteiger charge is -2.26. The molecule has 0 spiro atoms. The number of hydrogen-bond acceptors (Lipinski definition) is 5. The predicted molar refractivity (Wildman–Crippen MR) is 96.8 cm³/mol. The molecule has 0 radical (unpaired) electrons. The molecule has 0 aromatic heterocycles. The van der Waals surface area contributed by atoms with Crippen LogP contribution in [-0.2, 0) is 21.2 Å². The van der Waals surface area contributed by atoms with Crippen molar-refractivity contribution in [2.75, 3.05) is 16.7 Å². The maximum atomic E-state index is 12.7. The molecule has 2 aromatic rings. The number of carbonyl (C=O) groups is 1. The second-order valence-electron chi connectivity index (χ2n) is 6.11. The summed E-state index contributed by atoms with van der Waals surface area (Å²) >= 11 is 0. The van der Waals surface area contributed by atoms with Gasteiger partial charge in [0, 0.05) is 37.0 Å². The molecule has 1 N–H and O–H groups in total. The number of anilines is 2. The summed E-state index contributed by atoms with van der Waals surface area (Å²) in [6.07, 6.45) is 0.896. The van der Waals surface area contributed by atoms with Crippen LogP contribution in [-0.4, -0.2) is 26.3 Å². The first-order valence-electron chi connectivity index (χ1n) is 7.86. The lowest BCUT2D eigenvalue weighted by atomic mass is 10.0. The molecule has 3 rings (SSSR count). The van der Waals surface area contributed by atoms with E-state index in [-0.39, 0.29) is 16.5 Å². The van der Waals surface area contributed by atoms with E-state index in [2.05, 4.69) is 4.72 Å². The molecule has 0 saturated heterocycles. The molecule has 0 bridgehead atoms. The zero-order chi connectivity index (χ0) is 19.1. The van der Waals surface area contributed by atoms with Gasteiger partial charge in [-0.15, -0.1) is 0 Å². The van der Waals surface area contributed by atoms with Crippen LogP contribution in [0.4, 0.5) is 17.1 Å². The highest BCUT2D eigenvalue weighted by molar-refractivity contribution is 7.92. The van der Waals surface area contributed by atoms with Crippen molar-refractivity contribution in [1.29, 1.82) is 0 Å². The van der Waals surface area contributed by atoms with Crippen LogP contribution in [0.15, 0.2) is 41.3 Å². The number of amides is 1. The van der Waals surface area contributed by atoms with Gasteiger partial charge in [-0.3, -0.25) is 19.6 Å². The Morgan fingerprint density at radius 2 is 1.88 bits per heavy atom. The van der Waals surface area contributed by atoms with Gasteiger partial charge >= 0.3 is 0 Å². The topological polar surface area (TPSA) is 110 Å². The number of fused-ring (bicyclic) bond motifs is 1. The van der Waals surface area contributed by atoms with Gasteiger partial charge < -0.3 is 4.90 Å². The molecule has 1 aliphatic rings. The van der Waals surface area contributed by atoms with Crippen LogP contribution >= 0.6 is 0 Å². The molecule has 0 unspecified atom stereocenters. The summed E-state index contributed by atoms with van der Waals surface area (Å²) in [6.45, 7) is 1.58. The zero-order valence-electron chi connectivity index (χ0n) is 14.2. The summed E-state index contributed by atoms with van der Waals surface area (Å²) in [5.74, 6) is 0.0121. The van der Waals surface area contributed by atoms with Crippen molar-refractivity contribution in [3.8, 4) is 0 Å². The number of nitrogens with zero attached hydrogens (tertiary/aromatic N) is 2. The van der Waals surface area contributed by atoms with Crippen molar-refractivity contribution in [3.05, 3.63) is 57.6 Å². The Hall–Kier alpha value is -2.94. The highest BCUT2D eigenvalue weighted by atomic mass is 32.2. The van der Waals surface area contributed by atoms with E-state index >= 15 is 0 Å². The number of carbonyl (C=O) groups excluding carboxylic acids is 1. The lowest BCUT2D eigenvalue weighted by molar-refractivity contribution is -0.385. The standard InChI is InChI=1S/C17H17N3O5S/c1-11-3-6-14(20(22)23)10-16(11)26(24,25)18-13-5-7-15-12(9-13)4-8-17(21)19(15)2/h3,5-7,9-10,18H,4,8H2,1-2H3. The van der Waals surface area contributed by atoms with Gasteiger partial charge in [0.2, 0.25) is 5.91 Å². The Morgan fingerprint density at radius 3 is 2.58 bits per heavy atom. The molecule has 0 fully saturated rings. The summed E-state index contributed by atoms with van der Waals surface area (Å²) in [4.78, 5) is 23.4. The van der Waals surface area contributed by atoms with Gasteiger partial charge in [-0.25, -0.2) is 8.42 Å². The van der Waals surface area contributed by atoms with Crippen LogP contribution in [0.25, 0.3) is 0 Å². The van der Waals surface area contributed by atoms with Gasteiger partial charge in [-0.2, -0.15) is 0 Å². The molecule has 26 heavy (non-hydrogen) atoms. The number of benzene rings is 2. The Bertz CT molecular complexity index is 1020. The third-order valence-corrected chi connectivity index (χ3v) is 5.87. The van der Waals surface area contributed by atoms with Crippen LogP contribution in [0.1, 0.15) is 17.5 Å². The molecule has 0 saturated carbocycles. The summed E-state index contributed by atoms with van der Waals surface area (Å²) < 4.78 is 27.8. The van der Waals surface area contributed by atoms with E-state index in [0.717, 1.165) is 17.3 Å². The molecule has 9 heteroatoms. The number of aryl methyl sites for hydroxylation is 2. The highest BCUT2D eigenvalue weighted by Crippen LogP contribution is 2.31. The van der Waals surface area contributed by atoms with Crippen molar-refractivity contribution in [2.45, 2.75) is 24.7 Å². The van der Waals surface area contributed by atoms with Crippen LogP contribution in [0.3, 0.4) is 0 Å². The zero-order valence-corrected chi connectivity index (χ0v) is 15.0. The van der Waals surface area contributed by atoms with Crippen molar-refractivity contribution in [1.82, 2.24) is 0 Å². The molecule has 0 atom stereocenters. The maximum absolute atomic E-state index is 12.7. The van der Waals surface area contributed by atoms with Crippen molar-refractivity contribution < 1.29 is 18.1 Å². The summed E-state index contributed by atoms with van der Waals surface area (Å²) in [5.41, 5.74) is 2.07. The lowest BCUT2D eigenvalue weighted by Crippen LogP contribution is -2.31. The van der Waals surface area contributed by atoms with Gasteiger partial charge in [0.1, 0.15) is 0 Å². The molecule has 136 valence electrons. The van der Waals surface area contributed by atoms with Crippen LogP contribution in [0, 0.1) is 17.0 Å². The Morgan fingerprint density at radius 1 is 1.15 bits per heavy atom. The number of hydrogen-bond donors (Lipinski definition) is 1. The van der Waals surface area contributed by atoms with E-state index in [4.69, 9.17) is 0 Å². The Labute approximate surface area is 150 Å². The first-order valence-corrected chi connectivity index (χ1v) is 9.35. The van der Waals surface area contributed by atoms with E-state index in [1.54, 1.807) is 37.1 Å². The number of sulfonamides is 1. The molecular weight excluding hydrogens is 358 g/mol. The number of nitro benzene ring substituents is 1. The minimum Gasteiger partial charge on any atom is -0.315 e. The van der Waals surface area contributed by atoms with E-state index in [1.807, 2.05) is 0 Å². The van der Waals surface area contributed by atoms with Crippen molar-refractivity contribution in [2.24, 2.45) is 0 Å². The second-order valence-corrected chi connectivity index (χ2v) is 7.76. The SMILES string of the molecule is Cc1ccc([N+](=O)[O-])cc1S(=O)(=O)Nc1ccc2c(c1)CCC(=O)N2C. The summed E-state index contributed by atoms with van der Waals surface area (Å²) in [5, 5.41) is 10.9. The van der Waals surface area contributed by atoms with Gasteiger partial charge in [0.25, 0.3) is 15.7 Å². The summed E-state index contributed by atoms with van der Waals surface area (Å²) in [7, 11) is -2.31. The number of nitro groups is 1. The fraction of sp³-hybridized carbons (Fsp3) is 0.235. The van der Waals surface area contributed by atoms with Crippen LogP contribution < -0.4 is 9.62 Å².